The summed E-state index contributed by atoms with van der Waals surface area (Å²) in [4.78, 5) is 11.8. The Morgan fingerprint density at radius 3 is 2.33 bits per heavy atom. The van der Waals surface area contributed by atoms with Gasteiger partial charge in [-0.3, -0.25) is 9.52 Å². The first-order valence-corrected chi connectivity index (χ1v) is 10.5. The van der Waals surface area contributed by atoms with Crippen molar-refractivity contribution in [3.05, 3.63) is 53.6 Å². The Balaban J connectivity index is 1.88. The van der Waals surface area contributed by atoms with Gasteiger partial charge >= 0.3 is 0 Å². The molecule has 0 fully saturated rings. The number of amides is 1. The van der Waals surface area contributed by atoms with E-state index >= 15 is 0 Å². The molecular formula is C19H23ClN2O4S. The molecule has 146 valence electrons. The lowest BCUT2D eigenvalue weighted by atomic mass is 10.2. The van der Waals surface area contributed by atoms with Gasteiger partial charge in [0.25, 0.3) is 15.9 Å². The van der Waals surface area contributed by atoms with Crippen LogP contribution in [0.1, 0.15) is 26.2 Å². The third-order valence-electron chi connectivity index (χ3n) is 3.70. The first-order valence-electron chi connectivity index (χ1n) is 8.68. The first-order chi connectivity index (χ1) is 12.9. The summed E-state index contributed by atoms with van der Waals surface area (Å²) in [5, 5.41) is 3.30. The number of benzene rings is 2. The Bertz CT molecular complexity index is 837. The second-order valence-electron chi connectivity index (χ2n) is 5.93. The number of hydrogen-bond donors (Lipinski definition) is 2. The Labute approximate surface area is 164 Å². The van der Waals surface area contributed by atoms with Crippen molar-refractivity contribution in [3.63, 3.8) is 0 Å². The van der Waals surface area contributed by atoms with Crippen molar-refractivity contribution in [3.8, 4) is 5.75 Å². The van der Waals surface area contributed by atoms with Crippen LogP contribution in [0.5, 0.6) is 5.75 Å². The molecule has 0 aliphatic heterocycles. The number of carbonyl (C=O) groups is 1. The summed E-state index contributed by atoms with van der Waals surface area (Å²) in [6, 6.07) is 12.2. The Kier molecular flexibility index (Phi) is 7.94. The summed E-state index contributed by atoms with van der Waals surface area (Å²) in [7, 11) is -3.72. The number of unbranched alkanes of at least 4 members (excludes halogenated alkanes) is 2. The van der Waals surface area contributed by atoms with Crippen LogP contribution in [0.15, 0.2) is 53.4 Å². The molecule has 2 N–H and O–H groups in total. The molecule has 27 heavy (non-hydrogen) atoms. The zero-order valence-electron chi connectivity index (χ0n) is 15.1. The standard InChI is InChI=1S/C19H23ClN2O4S/c1-2-3-4-13-21-19(23)14-26-17-9-11-18(12-10-17)27(24,25)22-16-7-5-15(20)6-8-16/h5-12,22H,2-4,13-14H2,1H3,(H,21,23). The fourth-order valence-corrected chi connectivity index (χ4v) is 3.43. The van der Waals surface area contributed by atoms with E-state index in [0.29, 0.717) is 23.0 Å². The molecule has 0 bridgehead atoms. The van der Waals surface area contributed by atoms with E-state index in [1.165, 1.54) is 24.3 Å². The van der Waals surface area contributed by atoms with E-state index in [2.05, 4.69) is 17.0 Å². The maximum absolute atomic E-state index is 12.4. The van der Waals surface area contributed by atoms with Crippen molar-refractivity contribution in [1.29, 1.82) is 0 Å². The molecular weight excluding hydrogens is 388 g/mol. The number of ether oxygens (including phenoxy) is 1. The minimum atomic E-state index is -3.72. The van der Waals surface area contributed by atoms with E-state index in [0.717, 1.165) is 19.3 Å². The third-order valence-corrected chi connectivity index (χ3v) is 5.35. The SMILES string of the molecule is CCCCCNC(=O)COc1ccc(S(=O)(=O)Nc2ccc(Cl)cc2)cc1. The van der Waals surface area contributed by atoms with E-state index in [1.807, 2.05) is 0 Å². The minimum absolute atomic E-state index is 0.0915. The molecule has 2 aromatic carbocycles. The predicted molar refractivity (Wildman–Crippen MR) is 107 cm³/mol. The van der Waals surface area contributed by atoms with Crippen LogP contribution in [0.3, 0.4) is 0 Å². The maximum atomic E-state index is 12.4. The first kappa shape index (κ1) is 21.1. The molecule has 0 radical (unpaired) electrons. The van der Waals surface area contributed by atoms with E-state index in [-0.39, 0.29) is 17.4 Å². The summed E-state index contributed by atoms with van der Waals surface area (Å²) in [6.45, 7) is 2.62. The van der Waals surface area contributed by atoms with Crippen molar-refractivity contribution in [2.45, 2.75) is 31.1 Å². The highest BCUT2D eigenvalue weighted by Crippen LogP contribution is 2.20. The zero-order valence-corrected chi connectivity index (χ0v) is 16.6. The van der Waals surface area contributed by atoms with Gasteiger partial charge in [-0.1, -0.05) is 31.4 Å². The van der Waals surface area contributed by atoms with E-state index in [1.54, 1.807) is 24.3 Å². The van der Waals surface area contributed by atoms with Gasteiger partial charge in [0, 0.05) is 17.3 Å². The molecule has 2 aromatic rings. The molecule has 0 saturated carbocycles. The van der Waals surface area contributed by atoms with Gasteiger partial charge < -0.3 is 10.1 Å². The van der Waals surface area contributed by atoms with Crippen LogP contribution in [-0.4, -0.2) is 27.5 Å². The van der Waals surface area contributed by atoms with Crippen LogP contribution in [-0.2, 0) is 14.8 Å². The number of halogens is 1. The summed E-state index contributed by atoms with van der Waals surface area (Å²) in [6.07, 6.45) is 3.10. The second kappa shape index (κ2) is 10.2. The lowest BCUT2D eigenvalue weighted by Gasteiger charge is -2.10. The Morgan fingerprint density at radius 1 is 1.04 bits per heavy atom. The third kappa shape index (κ3) is 7.11. The van der Waals surface area contributed by atoms with E-state index in [9.17, 15) is 13.2 Å². The average molecular weight is 411 g/mol. The van der Waals surface area contributed by atoms with Gasteiger partial charge in [0.15, 0.2) is 6.61 Å². The van der Waals surface area contributed by atoms with Crippen LogP contribution in [0.2, 0.25) is 5.02 Å². The predicted octanol–water partition coefficient (Wildman–Crippen LogP) is 3.83. The monoisotopic (exact) mass is 410 g/mol. The summed E-state index contributed by atoms with van der Waals surface area (Å²) >= 11 is 5.79. The van der Waals surface area contributed by atoms with Gasteiger partial charge in [0.1, 0.15) is 5.75 Å². The molecule has 0 aliphatic carbocycles. The summed E-state index contributed by atoms with van der Waals surface area (Å²) in [5.74, 6) is 0.219. The van der Waals surface area contributed by atoms with Crippen molar-refractivity contribution in [2.24, 2.45) is 0 Å². The van der Waals surface area contributed by atoms with Crippen LogP contribution in [0.4, 0.5) is 5.69 Å². The fourth-order valence-electron chi connectivity index (χ4n) is 2.25. The quantitative estimate of drug-likeness (QED) is 0.583. The summed E-state index contributed by atoms with van der Waals surface area (Å²) in [5.41, 5.74) is 0.416. The molecule has 0 atom stereocenters. The maximum Gasteiger partial charge on any atom is 0.261 e. The van der Waals surface area contributed by atoms with E-state index in [4.69, 9.17) is 16.3 Å². The molecule has 0 heterocycles. The van der Waals surface area contributed by atoms with E-state index < -0.39 is 10.0 Å². The highest BCUT2D eigenvalue weighted by Gasteiger charge is 2.14. The van der Waals surface area contributed by atoms with Gasteiger partial charge in [-0.05, 0) is 55.0 Å². The Hall–Kier alpha value is -2.25. The zero-order chi connectivity index (χ0) is 19.7. The second-order valence-corrected chi connectivity index (χ2v) is 8.05. The molecule has 1 amide bonds. The van der Waals surface area contributed by atoms with Crippen molar-refractivity contribution in [2.75, 3.05) is 17.9 Å². The largest absolute Gasteiger partial charge is 0.484 e. The van der Waals surface area contributed by atoms with Gasteiger partial charge in [-0.2, -0.15) is 0 Å². The summed E-state index contributed by atoms with van der Waals surface area (Å²) < 4.78 is 32.6. The molecule has 0 spiro atoms. The van der Waals surface area contributed by atoms with Crippen LogP contribution in [0, 0.1) is 0 Å². The number of rotatable bonds is 10. The fraction of sp³-hybridized carbons (Fsp3) is 0.316. The number of carbonyl (C=O) groups excluding carboxylic acids is 1. The van der Waals surface area contributed by atoms with Gasteiger partial charge in [-0.15, -0.1) is 0 Å². The number of nitrogens with one attached hydrogen (secondary N) is 2. The normalized spacial score (nSPS) is 11.0. The molecule has 0 aliphatic rings. The molecule has 0 unspecified atom stereocenters. The van der Waals surface area contributed by atoms with Crippen LogP contribution >= 0.6 is 11.6 Å². The topological polar surface area (TPSA) is 84.5 Å². The smallest absolute Gasteiger partial charge is 0.261 e. The Morgan fingerprint density at radius 2 is 1.70 bits per heavy atom. The number of anilines is 1. The van der Waals surface area contributed by atoms with Gasteiger partial charge in [-0.25, -0.2) is 8.42 Å². The lowest BCUT2D eigenvalue weighted by molar-refractivity contribution is -0.123. The van der Waals surface area contributed by atoms with Crippen molar-refractivity contribution >= 4 is 33.2 Å². The van der Waals surface area contributed by atoms with Gasteiger partial charge in [0.05, 0.1) is 4.90 Å². The van der Waals surface area contributed by atoms with Gasteiger partial charge in [0.2, 0.25) is 0 Å². The van der Waals surface area contributed by atoms with Crippen molar-refractivity contribution in [1.82, 2.24) is 5.32 Å². The number of sulfonamides is 1. The van der Waals surface area contributed by atoms with Crippen LogP contribution < -0.4 is 14.8 Å². The molecule has 6 nitrogen and oxygen atoms in total. The molecule has 8 heteroatoms. The van der Waals surface area contributed by atoms with Crippen LogP contribution in [0.25, 0.3) is 0 Å². The average Bonchev–Trinajstić information content (AvgIpc) is 2.65. The lowest BCUT2D eigenvalue weighted by Crippen LogP contribution is -2.29. The minimum Gasteiger partial charge on any atom is -0.484 e. The molecule has 0 aromatic heterocycles. The highest BCUT2D eigenvalue weighted by molar-refractivity contribution is 7.92. The number of hydrogen-bond acceptors (Lipinski definition) is 4. The highest BCUT2D eigenvalue weighted by atomic mass is 35.5. The molecule has 0 saturated heterocycles. The molecule has 2 rings (SSSR count). The van der Waals surface area contributed by atoms with Crippen molar-refractivity contribution < 1.29 is 17.9 Å².